The summed E-state index contributed by atoms with van der Waals surface area (Å²) in [6, 6.07) is 5.79. The smallest absolute Gasteiger partial charge is 0.181 e. The van der Waals surface area contributed by atoms with Crippen molar-refractivity contribution in [1.82, 2.24) is 10.1 Å². The molecule has 0 bridgehead atoms. The Morgan fingerprint density at radius 2 is 2.22 bits per heavy atom. The molecule has 0 unspecified atom stereocenters. The number of aryl methyl sites for hydroxylation is 2. The molecule has 27 heavy (non-hydrogen) atoms. The summed E-state index contributed by atoms with van der Waals surface area (Å²) in [6.45, 7) is 5.56. The lowest BCUT2D eigenvalue weighted by atomic mass is 10.0. The van der Waals surface area contributed by atoms with Gasteiger partial charge in [0, 0.05) is 27.8 Å². The van der Waals surface area contributed by atoms with Crippen LogP contribution in [-0.2, 0) is 17.6 Å². The van der Waals surface area contributed by atoms with Crippen LogP contribution in [-0.4, -0.2) is 21.6 Å². The normalized spacial score (nSPS) is 12.2. The number of Topliss-reactive ketones (excluding diaryl/α,β-unsaturated/α-hetero) is 1. The number of nitrogens with two attached hydrogens (primary N) is 1. The first-order chi connectivity index (χ1) is 12.5. The van der Waals surface area contributed by atoms with E-state index in [0.29, 0.717) is 17.3 Å². The Balaban J connectivity index is 0.000000569. The SMILES string of the molecule is C.CC(=O)C1=NNc2ccc3nc(N)sc3c2C1.CCCc1cc(C)on1.[HH].[HH]. The highest BCUT2D eigenvalue weighted by molar-refractivity contribution is 7.22. The number of carbonyl (C=O) groups excluding carboxylic acids is 1. The van der Waals surface area contributed by atoms with Gasteiger partial charge in [0.1, 0.15) is 11.5 Å². The molecule has 3 N–H and O–H groups in total. The molecule has 3 heterocycles. The molecule has 0 atom stereocenters. The van der Waals surface area contributed by atoms with E-state index in [0.717, 1.165) is 45.8 Å². The molecule has 4 rings (SSSR count). The Hall–Kier alpha value is -2.74. The van der Waals surface area contributed by atoms with Crippen molar-refractivity contribution in [1.29, 1.82) is 0 Å². The van der Waals surface area contributed by atoms with Crippen LogP contribution < -0.4 is 11.2 Å². The maximum Gasteiger partial charge on any atom is 0.181 e. The van der Waals surface area contributed by atoms with Crippen LogP contribution in [0.25, 0.3) is 10.2 Å². The number of rotatable bonds is 3. The molecule has 3 aromatic rings. The summed E-state index contributed by atoms with van der Waals surface area (Å²) in [5.41, 5.74) is 13.1. The molecule has 0 amide bonds. The summed E-state index contributed by atoms with van der Waals surface area (Å²) in [6.07, 6.45) is 2.69. The second kappa shape index (κ2) is 8.77. The maximum atomic E-state index is 11.3. The molecule has 1 aliphatic rings. The molecular weight excluding hydrogens is 362 g/mol. The standard InChI is InChI=1S/C11H10N4OS.C7H11NO.CH4.2H2/c1-5(16)9-4-6-7(14-15-9)2-3-8-10(6)17-11(12)13-8;1-3-4-7-5-6(2)9-8-7;;;/h2-3,14H,4H2,1H3,(H2,12,13);5H,3-4H2,1-2H3;1H4;2*1H. The van der Waals surface area contributed by atoms with Gasteiger partial charge in [0.15, 0.2) is 10.9 Å². The highest BCUT2D eigenvalue weighted by Crippen LogP contribution is 2.34. The number of nitrogens with one attached hydrogen (secondary N) is 1. The van der Waals surface area contributed by atoms with Gasteiger partial charge in [-0.25, -0.2) is 4.98 Å². The molecule has 0 saturated carbocycles. The van der Waals surface area contributed by atoms with Crippen molar-refractivity contribution in [3.05, 3.63) is 35.2 Å². The van der Waals surface area contributed by atoms with E-state index in [9.17, 15) is 4.79 Å². The molecule has 148 valence electrons. The van der Waals surface area contributed by atoms with Gasteiger partial charge in [-0.3, -0.25) is 10.2 Å². The van der Waals surface area contributed by atoms with E-state index in [-0.39, 0.29) is 16.1 Å². The molecule has 0 aliphatic carbocycles. The zero-order chi connectivity index (χ0) is 18.7. The summed E-state index contributed by atoms with van der Waals surface area (Å²) in [7, 11) is 0. The fourth-order valence-electron chi connectivity index (χ4n) is 2.67. The highest BCUT2D eigenvalue weighted by atomic mass is 32.1. The van der Waals surface area contributed by atoms with Crippen molar-refractivity contribution < 1.29 is 12.2 Å². The lowest BCUT2D eigenvalue weighted by Gasteiger charge is -2.15. The molecule has 0 fully saturated rings. The van der Waals surface area contributed by atoms with E-state index >= 15 is 0 Å². The first-order valence-electron chi connectivity index (χ1n) is 8.41. The second-order valence-corrected chi connectivity index (χ2v) is 7.10. The van der Waals surface area contributed by atoms with Crippen molar-refractivity contribution in [3.8, 4) is 0 Å². The zero-order valence-corrected chi connectivity index (χ0v) is 15.8. The topological polar surface area (TPSA) is 106 Å². The first-order valence-corrected chi connectivity index (χ1v) is 9.23. The summed E-state index contributed by atoms with van der Waals surface area (Å²) in [5.74, 6) is 0.885. The Morgan fingerprint density at radius 1 is 1.44 bits per heavy atom. The monoisotopic (exact) mass is 391 g/mol. The van der Waals surface area contributed by atoms with Crippen molar-refractivity contribution >= 4 is 43.9 Å². The largest absolute Gasteiger partial charge is 0.375 e. The first kappa shape index (κ1) is 20.6. The van der Waals surface area contributed by atoms with Crippen LogP contribution >= 0.6 is 11.3 Å². The van der Waals surface area contributed by atoms with E-state index in [1.807, 2.05) is 25.1 Å². The van der Waals surface area contributed by atoms with E-state index in [2.05, 4.69) is 27.6 Å². The van der Waals surface area contributed by atoms with Crippen molar-refractivity contribution in [3.63, 3.8) is 0 Å². The van der Waals surface area contributed by atoms with Crippen molar-refractivity contribution in [2.75, 3.05) is 11.2 Å². The van der Waals surface area contributed by atoms with Gasteiger partial charge in [0.25, 0.3) is 0 Å². The predicted octanol–water partition coefficient (Wildman–Crippen LogP) is 4.86. The number of hydrogen-bond donors (Lipinski definition) is 2. The minimum Gasteiger partial charge on any atom is -0.375 e. The van der Waals surface area contributed by atoms with Crippen LogP contribution in [0.4, 0.5) is 10.8 Å². The molecular formula is C19H29N5O2S. The van der Waals surface area contributed by atoms with Gasteiger partial charge in [-0.1, -0.05) is 37.3 Å². The van der Waals surface area contributed by atoms with Crippen LogP contribution in [0.2, 0.25) is 0 Å². The van der Waals surface area contributed by atoms with E-state index in [4.69, 9.17) is 10.3 Å². The van der Waals surface area contributed by atoms with E-state index < -0.39 is 0 Å². The third kappa shape index (κ3) is 4.71. The Morgan fingerprint density at radius 3 is 2.85 bits per heavy atom. The molecule has 1 aliphatic heterocycles. The molecule has 1 aromatic carbocycles. The quantitative estimate of drug-likeness (QED) is 0.660. The minimum absolute atomic E-state index is 0. The van der Waals surface area contributed by atoms with Crippen molar-refractivity contribution in [2.24, 2.45) is 5.10 Å². The number of nitrogens with zero attached hydrogens (tertiary/aromatic N) is 3. The number of benzene rings is 1. The molecule has 8 heteroatoms. The lowest BCUT2D eigenvalue weighted by Crippen LogP contribution is -2.20. The Bertz CT molecular complexity index is 984. The lowest BCUT2D eigenvalue weighted by molar-refractivity contribution is -0.111. The van der Waals surface area contributed by atoms with Gasteiger partial charge in [-0.15, -0.1) is 0 Å². The van der Waals surface area contributed by atoms with Gasteiger partial charge >= 0.3 is 0 Å². The average molecular weight is 392 g/mol. The van der Waals surface area contributed by atoms with Crippen LogP contribution in [0.1, 0.15) is 47.6 Å². The van der Waals surface area contributed by atoms with Gasteiger partial charge in [-0.2, -0.15) is 5.10 Å². The third-order valence-electron chi connectivity index (χ3n) is 3.92. The number of carbonyl (C=O) groups is 1. The third-order valence-corrected chi connectivity index (χ3v) is 4.88. The summed E-state index contributed by atoms with van der Waals surface area (Å²) >= 11 is 1.44. The van der Waals surface area contributed by atoms with Gasteiger partial charge in [-0.05, 0) is 25.5 Å². The zero-order valence-electron chi connectivity index (χ0n) is 15.0. The average Bonchev–Trinajstić information content (AvgIpc) is 3.20. The molecule has 0 spiro atoms. The number of hydrazone groups is 1. The minimum atomic E-state index is -0.0161. The van der Waals surface area contributed by atoms with E-state index in [1.54, 1.807) is 0 Å². The summed E-state index contributed by atoms with van der Waals surface area (Å²) < 4.78 is 5.90. The molecule has 0 radical (unpaired) electrons. The highest BCUT2D eigenvalue weighted by Gasteiger charge is 2.19. The number of nitrogen functional groups attached to an aromatic ring is 1. The van der Waals surface area contributed by atoms with Gasteiger partial charge < -0.3 is 10.3 Å². The molecule has 2 aromatic heterocycles. The van der Waals surface area contributed by atoms with Gasteiger partial charge in [0.05, 0.1) is 21.6 Å². The summed E-state index contributed by atoms with van der Waals surface area (Å²) in [5, 5.41) is 8.43. The number of thiazole rings is 1. The molecule has 0 saturated heterocycles. The predicted molar refractivity (Wildman–Crippen MR) is 116 cm³/mol. The van der Waals surface area contributed by atoms with Crippen LogP contribution in [0, 0.1) is 6.92 Å². The number of anilines is 2. The van der Waals surface area contributed by atoms with Crippen LogP contribution in [0.15, 0.2) is 27.8 Å². The van der Waals surface area contributed by atoms with Gasteiger partial charge in [0.2, 0.25) is 0 Å². The number of fused-ring (bicyclic) bond motifs is 3. The number of ketones is 1. The number of hydrogen-bond acceptors (Lipinski definition) is 8. The van der Waals surface area contributed by atoms with Crippen LogP contribution in [0.3, 0.4) is 0 Å². The summed E-state index contributed by atoms with van der Waals surface area (Å²) in [4.78, 5) is 15.6. The second-order valence-electron chi connectivity index (χ2n) is 6.07. The fourth-order valence-corrected chi connectivity index (χ4v) is 3.55. The fraction of sp³-hybridized carbons (Fsp3) is 0.368. The Kier molecular flexibility index (Phi) is 6.68. The van der Waals surface area contributed by atoms with Crippen molar-refractivity contribution in [2.45, 2.75) is 47.5 Å². The van der Waals surface area contributed by atoms with E-state index in [1.165, 1.54) is 18.3 Å². The Labute approximate surface area is 165 Å². The molecule has 7 nitrogen and oxygen atoms in total. The van der Waals surface area contributed by atoms with Crippen LogP contribution in [0.5, 0.6) is 0 Å². The number of aromatic nitrogens is 2. The maximum absolute atomic E-state index is 11.3.